The van der Waals surface area contributed by atoms with Crippen LogP contribution in [0.15, 0.2) is 0 Å². The van der Waals surface area contributed by atoms with Crippen LogP contribution in [-0.4, -0.2) is 54.3 Å². The van der Waals surface area contributed by atoms with E-state index in [-0.39, 0.29) is 24.1 Å². The van der Waals surface area contributed by atoms with E-state index in [0.717, 1.165) is 6.42 Å². The summed E-state index contributed by atoms with van der Waals surface area (Å²) < 4.78 is 23.9. The molecule has 1 heterocycles. The van der Waals surface area contributed by atoms with E-state index < -0.39 is 26.7 Å². The highest BCUT2D eigenvalue weighted by atomic mass is 32.2. The summed E-state index contributed by atoms with van der Waals surface area (Å²) >= 11 is 0. The van der Waals surface area contributed by atoms with Gasteiger partial charge in [-0.25, -0.2) is 8.42 Å². The van der Waals surface area contributed by atoms with Crippen molar-refractivity contribution in [3.8, 4) is 0 Å². The zero-order chi connectivity index (χ0) is 16.4. The molecular weight excluding hydrogens is 292 g/mol. The van der Waals surface area contributed by atoms with E-state index >= 15 is 0 Å². The monoisotopic (exact) mass is 318 g/mol. The Labute approximate surface area is 127 Å². The smallest absolute Gasteiger partial charge is 0.246 e. The van der Waals surface area contributed by atoms with Crippen molar-refractivity contribution < 1.29 is 18.0 Å². The molecule has 21 heavy (non-hydrogen) atoms. The van der Waals surface area contributed by atoms with Crippen LogP contribution in [0.25, 0.3) is 0 Å². The lowest BCUT2D eigenvalue weighted by Crippen LogP contribution is -2.68. The Morgan fingerprint density at radius 3 is 2.33 bits per heavy atom. The van der Waals surface area contributed by atoms with Crippen molar-refractivity contribution >= 4 is 21.7 Å². The Balaban J connectivity index is 2.94. The van der Waals surface area contributed by atoms with Crippen molar-refractivity contribution in [1.29, 1.82) is 0 Å². The van der Waals surface area contributed by atoms with Crippen LogP contribution < -0.4 is 5.32 Å². The number of nitrogens with one attached hydrogen (secondary N) is 1. The molecular formula is C14H26N2O4S. The standard InChI is InChI=1S/C14H26N2O4S/c1-6-7-11-12(17)16(14(4,5)13(18)15-11)8-9-21(19,20)10(2)3/h10-11H,6-9H2,1-5H3,(H,15,18). The molecule has 0 radical (unpaired) electrons. The van der Waals surface area contributed by atoms with Gasteiger partial charge in [0.15, 0.2) is 9.84 Å². The molecule has 1 aliphatic heterocycles. The third-order valence-corrected chi connectivity index (χ3v) is 6.18. The summed E-state index contributed by atoms with van der Waals surface area (Å²) in [7, 11) is -3.24. The van der Waals surface area contributed by atoms with Gasteiger partial charge in [0.1, 0.15) is 11.6 Å². The lowest BCUT2D eigenvalue weighted by atomic mass is 9.94. The Bertz CT molecular complexity index is 511. The molecule has 1 N–H and O–H groups in total. The lowest BCUT2D eigenvalue weighted by molar-refractivity contribution is -0.155. The zero-order valence-corrected chi connectivity index (χ0v) is 14.3. The van der Waals surface area contributed by atoms with Crippen LogP contribution in [0, 0.1) is 0 Å². The third kappa shape index (κ3) is 3.75. The maximum absolute atomic E-state index is 12.5. The minimum atomic E-state index is -3.24. The predicted octanol–water partition coefficient (Wildman–Crippen LogP) is 0.715. The van der Waals surface area contributed by atoms with Crippen LogP contribution in [-0.2, 0) is 19.4 Å². The quantitative estimate of drug-likeness (QED) is 0.782. The topological polar surface area (TPSA) is 83.6 Å². The molecule has 1 unspecified atom stereocenters. The summed E-state index contributed by atoms with van der Waals surface area (Å²) in [5.74, 6) is -0.547. The number of nitrogens with zero attached hydrogens (tertiary/aromatic N) is 1. The van der Waals surface area contributed by atoms with Crippen LogP contribution in [0.5, 0.6) is 0 Å². The summed E-state index contributed by atoms with van der Waals surface area (Å²) in [6, 6.07) is -0.544. The SMILES string of the molecule is CCCC1NC(=O)C(C)(C)N(CCS(=O)(=O)C(C)C)C1=O. The molecule has 0 saturated carbocycles. The number of sulfone groups is 1. The summed E-state index contributed by atoms with van der Waals surface area (Å²) in [6.45, 7) is 8.51. The maximum Gasteiger partial charge on any atom is 0.246 e. The molecule has 0 bridgehead atoms. The molecule has 6 nitrogen and oxygen atoms in total. The van der Waals surface area contributed by atoms with E-state index in [1.807, 2.05) is 6.92 Å². The number of hydrogen-bond acceptors (Lipinski definition) is 4. The molecule has 1 saturated heterocycles. The van der Waals surface area contributed by atoms with E-state index in [4.69, 9.17) is 0 Å². The van der Waals surface area contributed by atoms with Crippen LogP contribution >= 0.6 is 0 Å². The second kappa shape index (κ2) is 6.34. The zero-order valence-electron chi connectivity index (χ0n) is 13.5. The molecule has 122 valence electrons. The van der Waals surface area contributed by atoms with Gasteiger partial charge in [-0.15, -0.1) is 0 Å². The van der Waals surface area contributed by atoms with E-state index in [1.165, 1.54) is 4.90 Å². The molecule has 0 aromatic heterocycles. The van der Waals surface area contributed by atoms with Crippen molar-refractivity contribution in [2.24, 2.45) is 0 Å². The molecule has 1 aliphatic rings. The van der Waals surface area contributed by atoms with Crippen molar-refractivity contribution in [3.63, 3.8) is 0 Å². The second-order valence-corrected chi connectivity index (χ2v) is 8.96. The summed E-state index contributed by atoms with van der Waals surface area (Å²) in [4.78, 5) is 26.0. The van der Waals surface area contributed by atoms with Crippen molar-refractivity contribution in [3.05, 3.63) is 0 Å². The van der Waals surface area contributed by atoms with Gasteiger partial charge in [-0.2, -0.15) is 0 Å². The van der Waals surface area contributed by atoms with Gasteiger partial charge in [0.05, 0.1) is 11.0 Å². The van der Waals surface area contributed by atoms with Gasteiger partial charge in [0.2, 0.25) is 11.8 Å². The molecule has 0 aromatic carbocycles. The molecule has 0 spiro atoms. The van der Waals surface area contributed by atoms with Gasteiger partial charge >= 0.3 is 0 Å². The van der Waals surface area contributed by atoms with Gasteiger partial charge in [-0.3, -0.25) is 9.59 Å². The van der Waals surface area contributed by atoms with Crippen LogP contribution in [0.2, 0.25) is 0 Å². The molecule has 1 atom stereocenters. The molecule has 1 rings (SSSR count). The number of carbonyl (C=O) groups is 2. The fourth-order valence-corrected chi connectivity index (χ4v) is 3.22. The maximum atomic E-state index is 12.5. The van der Waals surface area contributed by atoms with Gasteiger partial charge in [-0.1, -0.05) is 13.3 Å². The fraction of sp³-hybridized carbons (Fsp3) is 0.857. The second-order valence-electron chi connectivity index (χ2n) is 6.28. The Morgan fingerprint density at radius 1 is 1.29 bits per heavy atom. The first-order valence-corrected chi connectivity index (χ1v) is 9.09. The highest BCUT2D eigenvalue weighted by Gasteiger charge is 2.46. The average molecular weight is 318 g/mol. The first-order chi connectivity index (χ1) is 9.54. The predicted molar refractivity (Wildman–Crippen MR) is 81.6 cm³/mol. The Hall–Kier alpha value is -1.11. The summed E-state index contributed by atoms with van der Waals surface area (Å²) in [5.41, 5.74) is -1.02. The Kier molecular flexibility index (Phi) is 5.41. The van der Waals surface area contributed by atoms with Gasteiger partial charge in [0, 0.05) is 6.54 Å². The van der Waals surface area contributed by atoms with E-state index in [0.29, 0.717) is 6.42 Å². The number of piperazine rings is 1. The van der Waals surface area contributed by atoms with Gasteiger partial charge in [-0.05, 0) is 34.1 Å². The number of carbonyl (C=O) groups excluding carboxylic acids is 2. The van der Waals surface area contributed by atoms with Gasteiger partial charge < -0.3 is 10.2 Å². The highest BCUT2D eigenvalue weighted by Crippen LogP contribution is 2.23. The van der Waals surface area contributed by atoms with Crippen molar-refractivity contribution in [2.45, 2.75) is 64.3 Å². The first kappa shape index (κ1) is 17.9. The summed E-state index contributed by atoms with van der Waals surface area (Å²) in [5, 5.41) is 2.24. The molecule has 2 amide bonds. The van der Waals surface area contributed by atoms with E-state index in [1.54, 1.807) is 27.7 Å². The molecule has 0 aromatic rings. The average Bonchev–Trinajstić information content (AvgIpc) is 2.35. The first-order valence-electron chi connectivity index (χ1n) is 7.38. The number of amides is 2. The van der Waals surface area contributed by atoms with Crippen molar-refractivity contribution in [1.82, 2.24) is 10.2 Å². The Morgan fingerprint density at radius 2 is 1.86 bits per heavy atom. The van der Waals surface area contributed by atoms with Crippen LogP contribution in [0.1, 0.15) is 47.5 Å². The third-order valence-electron chi connectivity index (χ3n) is 3.99. The minimum Gasteiger partial charge on any atom is -0.342 e. The van der Waals surface area contributed by atoms with Crippen molar-refractivity contribution in [2.75, 3.05) is 12.3 Å². The van der Waals surface area contributed by atoms with Gasteiger partial charge in [0.25, 0.3) is 0 Å². The highest BCUT2D eigenvalue weighted by molar-refractivity contribution is 7.92. The normalized spacial score (nSPS) is 22.6. The van der Waals surface area contributed by atoms with Crippen LogP contribution in [0.4, 0.5) is 0 Å². The van der Waals surface area contributed by atoms with E-state index in [9.17, 15) is 18.0 Å². The lowest BCUT2D eigenvalue weighted by Gasteiger charge is -2.44. The largest absolute Gasteiger partial charge is 0.342 e. The number of rotatable bonds is 6. The molecule has 1 fully saturated rings. The molecule has 0 aliphatic carbocycles. The fourth-order valence-electron chi connectivity index (χ4n) is 2.31. The number of hydrogen-bond donors (Lipinski definition) is 1. The van der Waals surface area contributed by atoms with E-state index in [2.05, 4.69) is 5.32 Å². The van der Waals surface area contributed by atoms with Crippen LogP contribution in [0.3, 0.4) is 0 Å². The minimum absolute atomic E-state index is 0.0555. The summed E-state index contributed by atoms with van der Waals surface area (Å²) in [6.07, 6.45) is 1.34. The molecule has 7 heteroatoms.